The molecule has 0 bridgehead atoms. The lowest BCUT2D eigenvalue weighted by Gasteiger charge is -2.08. The first-order valence-electron chi connectivity index (χ1n) is 9.88. The third kappa shape index (κ3) is 3.85. The van der Waals surface area contributed by atoms with Crippen molar-refractivity contribution < 1.29 is 0 Å². The second-order valence-electron chi connectivity index (χ2n) is 7.31. The Hall–Kier alpha value is -2.94. The predicted octanol–water partition coefficient (Wildman–Crippen LogP) is 5.79. The van der Waals surface area contributed by atoms with Crippen LogP contribution in [0.15, 0.2) is 63.9 Å². The van der Waals surface area contributed by atoms with Gasteiger partial charge in [0.1, 0.15) is 16.5 Å². The molecule has 5 aromatic rings. The number of aryl methyl sites for hydroxylation is 2. The fourth-order valence-electron chi connectivity index (χ4n) is 3.50. The molecule has 9 heteroatoms. The lowest BCUT2D eigenvalue weighted by atomic mass is 10.1. The first-order valence-corrected chi connectivity index (χ1v) is 12.1. The number of thiophene rings is 1. The highest BCUT2D eigenvalue weighted by Crippen LogP contribution is 2.35. The monoisotopic (exact) mass is 479 g/mol. The standard InChI is InChI=1S/C23H18ClN5OS2/c1-13-7-9-15(10-8-13)29-14(2)27-28-23(29)32-12-19-25-21(30)20-17(11-31-22(20)26-19)16-5-3-4-6-18(16)24/h3-11H,12H2,1-2H3,(H,25,26,30). The summed E-state index contributed by atoms with van der Waals surface area (Å²) in [4.78, 5) is 21.2. The van der Waals surface area contributed by atoms with Crippen LogP contribution in [0.1, 0.15) is 17.2 Å². The minimum atomic E-state index is -0.169. The molecular formula is C23H18ClN5OS2. The molecule has 0 amide bonds. The van der Waals surface area contributed by atoms with Crippen molar-refractivity contribution in [2.24, 2.45) is 0 Å². The lowest BCUT2D eigenvalue weighted by molar-refractivity contribution is 0.866. The largest absolute Gasteiger partial charge is 0.309 e. The van der Waals surface area contributed by atoms with Gasteiger partial charge in [0.25, 0.3) is 5.56 Å². The minimum Gasteiger partial charge on any atom is -0.309 e. The molecule has 0 atom stereocenters. The van der Waals surface area contributed by atoms with Gasteiger partial charge in [0.15, 0.2) is 5.16 Å². The van der Waals surface area contributed by atoms with E-state index in [-0.39, 0.29) is 5.56 Å². The van der Waals surface area contributed by atoms with Crippen LogP contribution < -0.4 is 5.56 Å². The molecular weight excluding hydrogens is 462 g/mol. The Morgan fingerprint density at radius 3 is 2.62 bits per heavy atom. The molecule has 1 N–H and O–H groups in total. The van der Waals surface area contributed by atoms with Crippen LogP contribution in [0.2, 0.25) is 5.02 Å². The predicted molar refractivity (Wildman–Crippen MR) is 131 cm³/mol. The van der Waals surface area contributed by atoms with E-state index in [2.05, 4.69) is 39.2 Å². The molecule has 0 aliphatic carbocycles. The Kier molecular flexibility index (Phi) is 5.58. The van der Waals surface area contributed by atoms with E-state index >= 15 is 0 Å². The number of fused-ring (bicyclic) bond motifs is 1. The molecule has 0 fully saturated rings. The summed E-state index contributed by atoms with van der Waals surface area (Å²) in [5.74, 6) is 1.86. The Balaban J connectivity index is 1.45. The van der Waals surface area contributed by atoms with Gasteiger partial charge in [-0.05, 0) is 32.0 Å². The number of halogens is 1. The zero-order valence-corrected chi connectivity index (χ0v) is 19.7. The molecule has 32 heavy (non-hydrogen) atoms. The highest BCUT2D eigenvalue weighted by molar-refractivity contribution is 7.98. The van der Waals surface area contributed by atoms with Gasteiger partial charge in [-0.2, -0.15) is 0 Å². The molecule has 5 rings (SSSR count). The van der Waals surface area contributed by atoms with E-state index in [1.807, 2.05) is 53.3 Å². The molecule has 0 spiro atoms. The topological polar surface area (TPSA) is 76.5 Å². The van der Waals surface area contributed by atoms with Crippen molar-refractivity contribution in [2.45, 2.75) is 24.8 Å². The van der Waals surface area contributed by atoms with Gasteiger partial charge in [-0.15, -0.1) is 21.5 Å². The number of nitrogens with zero attached hydrogens (tertiary/aromatic N) is 4. The second-order valence-corrected chi connectivity index (χ2v) is 9.52. The van der Waals surface area contributed by atoms with E-state index in [0.717, 1.165) is 27.8 Å². The number of rotatable bonds is 5. The Morgan fingerprint density at radius 2 is 1.84 bits per heavy atom. The van der Waals surface area contributed by atoms with E-state index in [1.165, 1.54) is 28.7 Å². The number of aromatic amines is 1. The van der Waals surface area contributed by atoms with E-state index in [9.17, 15) is 4.79 Å². The molecule has 2 aromatic carbocycles. The molecule has 0 saturated heterocycles. The fraction of sp³-hybridized carbons (Fsp3) is 0.130. The Bertz CT molecular complexity index is 1490. The summed E-state index contributed by atoms with van der Waals surface area (Å²) >= 11 is 9.27. The zero-order chi connectivity index (χ0) is 22.2. The number of hydrogen-bond donors (Lipinski definition) is 1. The lowest BCUT2D eigenvalue weighted by Crippen LogP contribution is -2.11. The van der Waals surface area contributed by atoms with Crippen molar-refractivity contribution >= 4 is 44.9 Å². The third-order valence-electron chi connectivity index (χ3n) is 5.08. The van der Waals surface area contributed by atoms with Gasteiger partial charge in [-0.3, -0.25) is 9.36 Å². The highest BCUT2D eigenvalue weighted by Gasteiger charge is 2.16. The van der Waals surface area contributed by atoms with Gasteiger partial charge < -0.3 is 4.98 Å². The molecule has 6 nitrogen and oxygen atoms in total. The first kappa shape index (κ1) is 20.9. The van der Waals surface area contributed by atoms with Crippen LogP contribution in [0.5, 0.6) is 0 Å². The summed E-state index contributed by atoms with van der Waals surface area (Å²) in [6.07, 6.45) is 0. The average Bonchev–Trinajstić information content (AvgIpc) is 3.37. The molecule has 0 unspecified atom stereocenters. The number of benzene rings is 2. The molecule has 0 aliphatic rings. The average molecular weight is 480 g/mol. The molecule has 3 heterocycles. The molecule has 0 saturated carbocycles. The van der Waals surface area contributed by atoms with Gasteiger partial charge in [-0.1, -0.05) is 59.3 Å². The number of aromatic nitrogens is 5. The van der Waals surface area contributed by atoms with E-state index in [4.69, 9.17) is 11.6 Å². The van der Waals surface area contributed by atoms with Crippen LogP contribution >= 0.6 is 34.7 Å². The van der Waals surface area contributed by atoms with Crippen LogP contribution in [0.3, 0.4) is 0 Å². The quantitative estimate of drug-likeness (QED) is 0.322. The van der Waals surface area contributed by atoms with Crippen LogP contribution in [0.4, 0.5) is 0 Å². The number of H-pyrrole nitrogens is 1. The summed E-state index contributed by atoms with van der Waals surface area (Å²) in [6, 6.07) is 15.7. The van der Waals surface area contributed by atoms with Crippen LogP contribution in [0, 0.1) is 13.8 Å². The summed E-state index contributed by atoms with van der Waals surface area (Å²) < 4.78 is 2.00. The van der Waals surface area contributed by atoms with Crippen molar-refractivity contribution in [1.82, 2.24) is 24.7 Å². The first-order chi connectivity index (χ1) is 15.5. The van der Waals surface area contributed by atoms with Gasteiger partial charge in [-0.25, -0.2) is 4.98 Å². The summed E-state index contributed by atoms with van der Waals surface area (Å²) in [5, 5.41) is 12.4. The molecule has 3 aromatic heterocycles. The van der Waals surface area contributed by atoms with Crippen molar-refractivity contribution in [2.75, 3.05) is 0 Å². The number of thioether (sulfide) groups is 1. The van der Waals surface area contributed by atoms with Gasteiger partial charge >= 0.3 is 0 Å². The summed E-state index contributed by atoms with van der Waals surface area (Å²) in [5.41, 5.74) is 3.66. The molecule has 0 radical (unpaired) electrons. The molecule has 0 aliphatic heterocycles. The maximum atomic E-state index is 12.9. The van der Waals surface area contributed by atoms with Gasteiger partial charge in [0, 0.05) is 27.2 Å². The zero-order valence-electron chi connectivity index (χ0n) is 17.3. The summed E-state index contributed by atoms with van der Waals surface area (Å²) in [7, 11) is 0. The maximum Gasteiger partial charge on any atom is 0.260 e. The smallest absolute Gasteiger partial charge is 0.260 e. The van der Waals surface area contributed by atoms with Crippen LogP contribution in [-0.4, -0.2) is 24.7 Å². The minimum absolute atomic E-state index is 0.169. The van der Waals surface area contributed by atoms with Crippen LogP contribution in [-0.2, 0) is 5.75 Å². The van der Waals surface area contributed by atoms with Crippen LogP contribution in [0.25, 0.3) is 27.0 Å². The van der Waals surface area contributed by atoms with Gasteiger partial charge in [0.2, 0.25) is 0 Å². The Morgan fingerprint density at radius 1 is 1.06 bits per heavy atom. The third-order valence-corrected chi connectivity index (χ3v) is 7.22. The van der Waals surface area contributed by atoms with E-state index in [1.54, 1.807) is 0 Å². The van der Waals surface area contributed by atoms with Crippen molar-refractivity contribution in [3.8, 4) is 16.8 Å². The van der Waals surface area contributed by atoms with Crippen molar-refractivity contribution in [3.05, 3.63) is 86.5 Å². The SMILES string of the molecule is Cc1ccc(-n2c(C)nnc2SCc2nc3scc(-c4ccccc4Cl)c3c(=O)[nH]2)cc1. The van der Waals surface area contributed by atoms with E-state index < -0.39 is 0 Å². The van der Waals surface area contributed by atoms with E-state index in [0.29, 0.717) is 26.8 Å². The van der Waals surface area contributed by atoms with Gasteiger partial charge in [0.05, 0.1) is 11.1 Å². The number of hydrogen-bond acceptors (Lipinski definition) is 6. The van der Waals surface area contributed by atoms with Crippen molar-refractivity contribution in [1.29, 1.82) is 0 Å². The fourth-order valence-corrected chi connectivity index (χ4v) is 5.56. The molecule has 160 valence electrons. The maximum absolute atomic E-state index is 12.9. The highest BCUT2D eigenvalue weighted by atomic mass is 35.5. The second kappa shape index (κ2) is 8.54. The summed E-state index contributed by atoms with van der Waals surface area (Å²) in [6.45, 7) is 3.98. The Labute approximate surface area is 197 Å². The van der Waals surface area contributed by atoms with Crippen molar-refractivity contribution in [3.63, 3.8) is 0 Å². The normalized spacial score (nSPS) is 11.3. The number of nitrogens with one attached hydrogen (secondary N) is 1.